The van der Waals surface area contributed by atoms with Crippen LogP contribution in [0.2, 0.25) is 0 Å². The van der Waals surface area contributed by atoms with Crippen LogP contribution in [0, 0.1) is 13.8 Å². The number of fused-ring (bicyclic) bond motifs is 8. The summed E-state index contributed by atoms with van der Waals surface area (Å²) in [6.07, 6.45) is 3.69. The van der Waals surface area contributed by atoms with Crippen molar-refractivity contribution in [3.05, 3.63) is 454 Å². The quantitative estimate of drug-likeness (QED) is 0.109. The Morgan fingerprint density at radius 3 is 1.08 bits per heavy atom. The second-order valence-corrected chi connectivity index (χ2v) is 32.6. The predicted molar refractivity (Wildman–Crippen MR) is 535 cm³/mol. The molecule has 0 atom stereocenters. The minimum Gasteiger partial charge on any atom is -0.256 e. The monoisotopic (exact) mass is 1660 g/mol. The summed E-state index contributed by atoms with van der Waals surface area (Å²) in [5, 5.41) is 17.4. The molecular formula is C119H79N11. The molecule has 11 heteroatoms. The largest absolute Gasteiger partial charge is 0.256 e. The Balaban J connectivity index is 0.000000115. The van der Waals surface area contributed by atoms with Crippen LogP contribution in [-0.4, -0.2) is 54.8 Å². The lowest BCUT2D eigenvalue weighted by molar-refractivity contribution is 1.07. The number of rotatable bonds is 13. The van der Waals surface area contributed by atoms with E-state index in [0.29, 0.717) is 40.8 Å². The molecule has 0 bridgehead atoms. The highest BCUT2D eigenvalue weighted by Gasteiger charge is 2.21. The van der Waals surface area contributed by atoms with E-state index < -0.39 is 0 Å². The van der Waals surface area contributed by atoms with Crippen LogP contribution in [0.4, 0.5) is 0 Å². The van der Waals surface area contributed by atoms with Crippen molar-refractivity contribution in [3.63, 3.8) is 0 Å². The molecule has 0 saturated carbocycles. The van der Waals surface area contributed by atoms with Gasteiger partial charge < -0.3 is 0 Å². The zero-order valence-electron chi connectivity index (χ0n) is 71.1. The molecule has 0 aliphatic carbocycles. The molecule has 0 aliphatic heterocycles. The van der Waals surface area contributed by atoms with Crippen molar-refractivity contribution < 1.29 is 0 Å². The Labute approximate surface area is 751 Å². The molecule has 6 heterocycles. The molecule has 130 heavy (non-hydrogen) atoms. The second-order valence-electron chi connectivity index (χ2n) is 32.6. The van der Waals surface area contributed by atoms with Crippen molar-refractivity contribution in [3.8, 4) is 147 Å². The van der Waals surface area contributed by atoms with Gasteiger partial charge in [0.05, 0.1) is 34.0 Å². The maximum atomic E-state index is 5.16. The Kier molecular flexibility index (Phi) is 20.9. The van der Waals surface area contributed by atoms with Gasteiger partial charge in [-0.25, -0.2) is 44.9 Å². The van der Waals surface area contributed by atoms with E-state index in [-0.39, 0.29) is 0 Å². The fourth-order valence-electron chi connectivity index (χ4n) is 17.4. The average molecular weight is 1660 g/mol. The summed E-state index contributed by atoms with van der Waals surface area (Å²) >= 11 is 0. The minimum atomic E-state index is 0.624. The number of pyridine rings is 3. The molecule has 0 spiro atoms. The highest BCUT2D eigenvalue weighted by atomic mass is 15.0. The van der Waals surface area contributed by atoms with Gasteiger partial charge in [-0.1, -0.05) is 381 Å². The summed E-state index contributed by atoms with van der Waals surface area (Å²) in [5.74, 6) is 4.57. The van der Waals surface area contributed by atoms with Crippen LogP contribution >= 0.6 is 0 Å². The fourth-order valence-corrected chi connectivity index (χ4v) is 17.4. The van der Waals surface area contributed by atoms with Gasteiger partial charge >= 0.3 is 0 Å². The van der Waals surface area contributed by atoms with Crippen LogP contribution in [0.25, 0.3) is 233 Å². The van der Waals surface area contributed by atoms with E-state index in [1.165, 1.54) is 43.4 Å². The lowest BCUT2D eigenvalue weighted by Gasteiger charge is -2.12. The van der Waals surface area contributed by atoms with E-state index in [1.54, 1.807) is 0 Å². The van der Waals surface area contributed by atoms with Crippen LogP contribution in [0.3, 0.4) is 0 Å². The Hall–Kier alpha value is -17.4. The van der Waals surface area contributed by atoms with Crippen molar-refractivity contribution in [2.75, 3.05) is 0 Å². The van der Waals surface area contributed by atoms with Gasteiger partial charge in [-0.2, -0.15) is 0 Å². The van der Waals surface area contributed by atoms with E-state index >= 15 is 0 Å². The van der Waals surface area contributed by atoms with Gasteiger partial charge in [0, 0.05) is 89.9 Å². The van der Waals surface area contributed by atoms with Gasteiger partial charge in [0.2, 0.25) is 0 Å². The number of aryl methyl sites for hydroxylation is 2. The third kappa shape index (κ3) is 16.2. The first kappa shape index (κ1) is 78.6. The van der Waals surface area contributed by atoms with E-state index in [9.17, 15) is 0 Å². The Bertz CT molecular complexity index is 8120. The zero-order chi connectivity index (χ0) is 86.8. The molecule has 610 valence electrons. The van der Waals surface area contributed by atoms with E-state index in [0.717, 1.165) is 160 Å². The molecule has 0 N–H and O–H groups in total. The first-order valence-corrected chi connectivity index (χ1v) is 43.6. The van der Waals surface area contributed by atoms with Crippen molar-refractivity contribution in [2.45, 2.75) is 13.8 Å². The molecule has 0 unspecified atom stereocenters. The molecule has 6 aromatic heterocycles. The van der Waals surface area contributed by atoms with Crippen LogP contribution in [0.5, 0.6) is 0 Å². The van der Waals surface area contributed by atoms with Gasteiger partial charge in [0.1, 0.15) is 0 Å². The van der Waals surface area contributed by atoms with Gasteiger partial charge in [-0.15, -0.1) is 0 Å². The van der Waals surface area contributed by atoms with Gasteiger partial charge in [-0.3, -0.25) is 9.97 Å². The van der Waals surface area contributed by atoms with Crippen LogP contribution < -0.4 is 0 Å². The Morgan fingerprint density at radius 2 is 0.515 bits per heavy atom. The average Bonchev–Trinajstić information content (AvgIpc) is 0.775. The third-order valence-corrected chi connectivity index (χ3v) is 24.1. The highest BCUT2D eigenvalue weighted by molar-refractivity contribution is 6.01. The van der Waals surface area contributed by atoms with Gasteiger partial charge in [-0.05, 0) is 156 Å². The summed E-state index contributed by atoms with van der Waals surface area (Å²) in [7, 11) is 0. The normalized spacial score (nSPS) is 11.3. The van der Waals surface area contributed by atoms with Gasteiger partial charge in [0.15, 0.2) is 40.8 Å². The SMILES string of the molecule is Cc1ccc2cc(-c3cc(-c4ccc(-c5ccccn5)cc4)nc(-c4ccc5cc(C)ccc5c4)n3)ccc2c1.c1ccc(-c2cc3ccccc3c(-c3ccc(-c4nc(-c5ccc6ccccc6c5)nc(-c5ccc6ccccc6c5)n4)cc3)n2)cc1.c1ccc2c(-c3nc(-c4ccc(-c5ccnc6ccccc56)cc4)nc(-c4cccc5ccccc45)n3)cccc2c1. The lowest BCUT2D eigenvalue weighted by atomic mass is 10.00. The van der Waals surface area contributed by atoms with Crippen molar-refractivity contribution in [2.24, 2.45) is 0 Å². The summed E-state index contributed by atoms with van der Waals surface area (Å²) in [4.78, 5) is 54.6. The number of para-hydroxylation sites is 1. The molecule has 0 amide bonds. The molecule has 11 nitrogen and oxygen atoms in total. The number of hydrogen-bond donors (Lipinski definition) is 0. The molecule has 0 aliphatic rings. The first-order chi connectivity index (χ1) is 64.1. The summed E-state index contributed by atoms with van der Waals surface area (Å²) in [5.41, 5.74) is 22.4. The smallest absolute Gasteiger partial charge is 0.164 e. The maximum Gasteiger partial charge on any atom is 0.164 e. The topological polar surface area (TPSA) is 142 Å². The number of benzene rings is 18. The zero-order valence-corrected chi connectivity index (χ0v) is 71.1. The summed E-state index contributed by atoms with van der Waals surface area (Å²) in [6, 6.07) is 149. The molecule has 24 rings (SSSR count). The Morgan fingerprint density at radius 1 is 0.154 bits per heavy atom. The molecular weight excluding hydrogens is 1580 g/mol. The van der Waals surface area contributed by atoms with Crippen molar-refractivity contribution in [1.29, 1.82) is 0 Å². The summed E-state index contributed by atoms with van der Waals surface area (Å²) < 4.78 is 0. The molecule has 18 aromatic carbocycles. The molecule has 24 aromatic rings. The molecule has 0 fully saturated rings. The van der Waals surface area contributed by atoms with Crippen LogP contribution in [0.1, 0.15) is 11.1 Å². The number of hydrogen-bond acceptors (Lipinski definition) is 11. The summed E-state index contributed by atoms with van der Waals surface area (Å²) in [6.45, 7) is 4.25. The molecule has 0 radical (unpaired) electrons. The van der Waals surface area contributed by atoms with Crippen molar-refractivity contribution in [1.82, 2.24) is 54.8 Å². The second kappa shape index (κ2) is 34.6. The highest BCUT2D eigenvalue weighted by Crippen LogP contribution is 2.40. The van der Waals surface area contributed by atoms with Gasteiger partial charge in [0.25, 0.3) is 0 Å². The third-order valence-electron chi connectivity index (χ3n) is 24.1. The first-order valence-electron chi connectivity index (χ1n) is 43.6. The van der Waals surface area contributed by atoms with E-state index in [4.69, 9.17) is 44.9 Å². The molecule has 0 saturated heterocycles. The number of aromatic nitrogens is 11. The van der Waals surface area contributed by atoms with Crippen LogP contribution in [0.15, 0.2) is 443 Å². The lowest BCUT2D eigenvalue weighted by Crippen LogP contribution is -2.01. The fraction of sp³-hybridized carbons (Fsp3) is 0.0168. The minimum absolute atomic E-state index is 0.624. The van der Waals surface area contributed by atoms with E-state index in [1.807, 2.05) is 60.9 Å². The van der Waals surface area contributed by atoms with Crippen molar-refractivity contribution >= 4 is 86.3 Å². The standard InChI is InChI=1S/C44H28N4.C38H24N4.C37H27N3/c1-2-12-31(13-3-1)40-28-36-16-8-9-17-39(36)41(45-40)32-20-22-33(23-21-32)42-46-43(37-24-18-29-10-4-6-14-34(29)26-37)48-44(47-42)38-25-19-30-11-5-7-15-35(30)27-38;1-3-13-29-25(9-1)11-7-16-33(29)37-40-36(41-38(42-37)34-17-8-12-26-10-2-4-14-30(26)34)28-21-19-27(20-22-28)31-23-24-39-35-18-6-5-15-32(31)35;1-24-6-8-30-21-32(16-14-28(30)19-24)36-23-35(27-12-10-26(11-13-27)34-5-3-4-18-38-34)39-37(40-36)33-17-15-29-20-25(2)7-9-31(29)22-33/h1-28H;1-24H;3-23H,1-2H3. The maximum absolute atomic E-state index is 5.16. The van der Waals surface area contributed by atoms with Crippen LogP contribution in [-0.2, 0) is 0 Å². The predicted octanol–water partition coefficient (Wildman–Crippen LogP) is 29.9. The number of nitrogens with zero attached hydrogens (tertiary/aromatic N) is 11. The van der Waals surface area contributed by atoms with E-state index in [2.05, 4.69) is 406 Å².